The van der Waals surface area contributed by atoms with Crippen LogP contribution in [0.15, 0.2) is 0 Å². The maximum atomic E-state index is 10.7. The number of hydrogen-bond donors (Lipinski definition) is 2. The van der Waals surface area contributed by atoms with Crippen LogP contribution in [0.4, 0.5) is 0 Å². The molecule has 2 N–H and O–H groups in total. The molecule has 0 radical (unpaired) electrons. The highest BCUT2D eigenvalue weighted by Gasteiger charge is 2.10. The minimum atomic E-state index is -3.76. The van der Waals surface area contributed by atoms with Gasteiger partial charge in [0.1, 0.15) is 0 Å². The summed E-state index contributed by atoms with van der Waals surface area (Å²) < 4.78 is 10.7. The monoisotopic (exact) mass is 432 g/mol. The van der Waals surface area contributed by atoms with Gasteiger partial charge in [0.15, 0.2) is 0 Å². The summed E-state index contributed by atoms with van der Waals surface area (Å²) in [7, 11) is -3.76. The molecule has 0 aromatic heterocycles. The predicted octanol–water partition coefficient (Wildman–Crippen LogP) is 9.16. The van der Waals surface area contributed by atoms with Crippen LogP contribution in [0.1, 0.15) is 155 Å². The van der Waals surface area contributed by atoms with E-state index in [9.17, 15) is 4.57 Å². The van der Waals surface area contributed by atoms with Crippen molar-refractivity contribution in [3.63, 3.8) is 0 Å². The van der Waals surface area contributed by atoms with E-state index in [1.165, 1.54) is 128 Å². The minimum Gasteiger partial charge on any atom is -0.324 e. The summed E-state index contributed by atoms with van der Waals surface area (Å²) in [6.07, 6.45) is 30.9. The van der Waals surface area contributed by atoms with Crippen molar-refractivity contribution < 1.29 is 14.4 Å². The molecule has 0 aromatic carbocycles. The van der Waals surface area contributed by atoms with Gasteiger partial charge in [-0.25, -0.2) is 0 Å². The van der Waals surface area contributed by atoms with E-state index in [-0.39, 0.29) is 6.16 Å². The molecule has 0 aromatic rings. The molecule has 0 bridgehead atoms. The topological polar surface area (TPSA) is 57.5 Å². The Bertz CT molecular complexity index is 354. The predicted molar refractivity (Wildman–Crippen MR) is 129 cm³/mol. The number of hydrogen-bond acceptors (Lipinski definition) is 1. The molecule has 0 heterocycles. The lowest BCUT2D eigenvalue weighted by molar-refractivity contribution is 0.370. The van der Waals surface area contributed by atoms with Crippen molar-refractivity contribution in [3.8, 4) is 0 Å². The van der Waals surface area contributed by atoms with E-state index in [2.05, 4.69) is 6.92 Å². The molecule has 29 heavy (non-hydrogen) atoms. The van der Waals surface area contributed by atoms with E-state index in [1.54, 1.807) is 0 Å². The Labute approximate surface area is 183 Å². The maximum absolute atomic E-state index is 10.7. The summed E-state index contributed by atoms with van der Waals surface area (Å²) in [6.45, 7) is 2.29. The Morgan fingerprint density at radius 2 is 0.621 bits per heavy atom. The molecule has 176 valence electrons. The van der Waals surface area contributed by atoms with Gasteiger partial charge in [0.2, 0.25) is 0 Å². The Morgan fingerprint density at radius 1 is 0.414 bits per heavy atom. The summed E-state index contributed by atoms with van der Waals surface area (Å²) in [5.41, 5.74) is 0. The minimum absolute atomic E-state index is 0.0617. The van der Waals surface area contributed by atoms with E-state index < -0.39 is 7.60 Å². The van der Waals surface area contributed by atoms with Crippen molar-refractivity contribution in [2.24, 2.45) is 0 Å². The second kappa shape index (κ2) is 22.8. The van der Waals surface area contributed by atoms with Gasteiger partial charge in [-0.1, -0.05) is 148 Å². The fraction of sp³-hybridized carbons (Fsp3) is 1.00. The summed E-state index contributed by atoms with van der Waals surface area (Å²) >= 11 is 0. The zero-order valence-electron chi connectivity index (χ0n) is 19.7. The molecule has 0 atom stereocenters. The van der Waals surface area contributed by atoms with Crippen molar-refractivity contribution in [2.75, 3.05) is 6.16 Å². The summed E-state index contributed by atoms with van der Waals surface area (Å²) in [5, 5.41) is 0. The molecular weight excluding hydrogens is 379 g/mol. The molecule has 0 rings (SSSR count). The highest BCUT2D eigenvalue weighted by molar-refractivity contribution is 7.51. The van der Waals surface area contributed by atoms with Crippen LogP contribution in [0.5, 0.6) is 0 Å². The lowest BCUT2D eigenvalue weighted by Crippen LogP contribution is -1.88. The third kappa shape index (κ3) is 28.2. The van der Waals surface area contributed by atoms with Crippen LogP contribution in [0, 0.1) is 0 Å². The third-order valence-electron chi connectivity index (χ3n) is 6.05. The van der Waals surface area contributed by atoms with Crippen LogP contribution < -0.4 is 0 Å². The second-order valence-electron chi connectivity index (χ2n) is 9.17. The van der Waals surface area contributed by atoms with Crippen LogP contribution >= 0.6 is 7.60 Å². The molecule has 0 aliphatic rings. The maximum Gasteiger partial charge on any atom is 0.325 e. The summed E-state index contributed by atoms with van der Waals surface area (Å²) in [6, 6.07) is 0. The van der Waals surface area contributed by atoms with Crippen LogP contribution in [0.25, 0.3) is 0 Å². The first-order chi connectivity index (χ1) is 14.1. The highest BCUT2D eigenvalue weighted by atomic mass is 31.2. The van der Waals surface area contributed by atoms with Crippen LogP contribution in [0.2, 0.25) is 0 Å². The van der Waals surface area contributed by atoms with E-state index in [4.69, 9.17) is 9.79 Å². The smallest absolute Gasteiger partial charge is 0.324 e. The molecular formula is C25H53O3P. The Kier molecular flexibility index (Phi) is 22.9. The third-order valence-corrected chi connectivity index (χ3v) is 6.95. The normalized spacial score (nSPS) is 12.0. The molecule has 4 heteroatoms. The van der Waals surface area contributed by atoms with Gasteiger partial charge in [0.25, 0.3) is 0 Å². The van der Waals surface area contributed by atoms with Gasteiger partial charge < -0.3 is 9.79 Å². The Balaban J connectivity index is 3.02. The number of unbranched alkanes of at least 4 members (excludes halogenated alkanes) is 22. The van der Waals surface area contributed by atoms with Crippen molar-refractivity contribution in [1.29, 1.82) is 0 Å². The molecule has 0 saturated heterocycles. The van der Waals surface area contributed by atoms with E-state index >= 15 is 0 Å². The van der Waals surface area contributed by atoms with Crippen molar-refractivity contribution in [3.05, 3.63) is 0 Å². The Morgan fingerprint density at radius 3 is 0.828 bits per heavy atom. The molecule has 0 saturated carbocycles. The SMILES string of the molecule is CCCCCCCCCCCCCCCCCCCCCCCCCP(=O)(O)O. The van der Waals surface area contributed by atoms with Gasteiger partial charge in [0.05, 0.1) is 0 Å². The Hall–Kier alpha value is 0.150. The molecule has 0 aliphatic carbocycles. The zero-order valence-corrected chi connectivity index (χ0v) is 20.6. The lowest BCUT2D eigenvalue weighted by atomic mass is 10.0. The van der Waals surface area contributed by atoms with E-state index in [0.717, 1.165) is 12.8 Å². The van der Waals surface area contributed by atoms with Crippen molar-refractivity contribution >= 4 is 7.60 Å². The van der Waals surface area contributed by atoms with Gasteiger partial charge >= 0.3 is 7.60 Å². The van der Waals surface area contributed by atoms with Crippen LogP contribution in [-0.2, 0) is 4.57 Å². The van der Waals surface area contributed by atoms with Gasteiger partial charge in [-0.15, -0.1) is 0 Å². The molecule has 0 fully saturated rings. The zero-order chi connectivity index (χ0) is 21.5. The lowest BCUT2D eigenvalue weighted by Gasteiger charge is -2.05. The molecule has 0 aliphatic heterocycles. The van der Waals surface area contributed by atoms with Crippen LogP contribution in [0.3, 0.4) is 0 Å². The van der Waals surface area contributed by atoms with Crippen molar-refractivity contribution in [1.82, 2.24) is 0 Å². The van der Waals surface area contributed by atoms with Gasteiger partial charge in [-0.2, -0.15) is 0 Å². The quantitative estimate of drug-likeness (QED) is 0.118. The fourth-order valence-corrected chi connectivity index (χ4v) is 4.74. The molecule has 0 unspecified atom stereocenters. The van der Waals surface area contributed by atoms with Gasteiger partial charge in [0, 0.05) is 6.16 Å². The fourth-order valence-electron chi connectivity index (χ4n) is 4.10. The number of rotatable bonds is 24. The highest BCUT2D eigenvalue weighted by Crippen LogP contribution is 2.35. The average molecular weight is 433 g/mol. The second-order valence-corrected chi connectivity index (χ2v) is 10.9. The van der Waals surface area contributed by atoms with Crippen LogP contribution in [-0.4, -0.2) is 15.9 Å². The molecule has 0 amide bonds. The standard InChI is InChI=1S/C25H53O3P/c1-2-3-4-5-6-7-8-9-10-11-12-13-14-15-16-17-18-19-20-21-22-23-24-25-29(26,27)28/h2-25H2,1H3,(H2,26,27,28). The first-order valence-corrected chi connectivity index (χ1v) is 14.9. The summed E-state index contributed by atoms with van der Waals surface area (Å²) in [5.74, 6) is 0. The van der Waals surface area contributed by atoms with Gasteiger partial charge in [-0.05, 0) is 6.42 Å². The van der Waals surface area contributed by atoms with E-state index in [0.29, 0.717) is 6.42 Å². The summed E-state index contributed by atoms with van der Waals surface area (Å²) in [4.78, 5) is 17.6. The molecule has 0 spiro atoms. The largest absolute Gasteiger partial charge is 0.325 e. The first-order valence-electron chi connectivity index (χ1n) is 13.1. The average Bonchev–Trinajstić information content (AvgIpc) is 2.67. The van der Waals surface area contributed by atoms with E-state index in [1.807, 2.05) is 0 Å². The molecule has 3 nitrogen and oxygen atoms in total. The van der Waals surface area contributed by atoms with Gasteiger partial charge in [-0.3, -0.25) is 4.57 Å². The first kappa shape index (κ1) is 29.1. The van der Waals surface area contributed by atoms with Crippen molar-refractivity contribution in [2.45, 2.75) is 155 Å².